The number of nitrogens with one attached hydrogen (secondary N) is 1. The third-order valence-corrected chi connectivity index (χ3v) is 4.47. The standard InChI is InChI=1S/C14H26N2/c1-13(2)7-9-14(11-15,10-8-13)16-12-5-3-4-6-12/h3-4,12,16H,5-11,15H2,1-2H3. The first-order valence-corrected chi connectivity index (χ1v) is 6.68. The summed E-state index contributed by atoms with van der Waals surface area (Å²) in [4.78, 5) is 0. The van der Waals surface area contributed by atoms with E-state index in [4.69, 9.17) is 5.73 Å². The second-order valence-electron chi connectivity index (χ2n) is 6.43. The van der Waals surface area contributed by atoms with Crippen LogP contribution in [0.15, 0.2) is 12.2 Å². The summed E-state index contributed by atoms with van der Waals surface area (Å²) in [5, 5.41) is 3.83. The van der Waals surface area contributed by atoms with Gasteiger partial charge in [-0.05, 0) is 43.9 Å². The zero-order valence-electron chi connectivity index (χ0n) is 10.8. The number of rotatable bonds is 3. The highest BCUT2D eigenvalue weighted by Gasteiger charge is 2.38. The zero-order valence-corrected chi connectivity index (χ0v) is 10.8. The third-order valence-electron chi connectivity index (χ3n) is 4.47. The van der Waals surface area contributed by atoms with Gasteiger partial charge < -0.3 is 11.1 Å². The molecule has 0 unspecified atom stereocenters. The largest absolute Gasteiger partial charge is 0.329 e. The average molecular weight is 222 g/mol. The first kappa shape index (κ1) is 12.1. The van der Waals surface area contributed by atoms with Crippen LogP contribution in [-0.2, 0) is 0 Å². The lowest BCUT2D eigenvalue weighted by molar-refractivity contribution is 0.129. The molecule has 0 spiro atoms. The van der Waals surface area contributed by atoms with Gasteiger partial charge in [-0.3, -0.25) is 0 Å². The van der Waals surface area contributed by atoms with Crippen LogP contribution < -0.4 is 11.1 Å². The first-order chi connectivity index (χ1) is 7.55. The SMILES string of the molecule is CC1(C)CCC(CN)(NC2CC=CC2)CC1. The van der Waals surface area contributed by atoms with Gasteiger partial charge in [0, 0.05) is 18.1 Å². The van der Waals surface area contributed by atoms with Gasteiger partial charge in [0.1, 0.15) is 0 Å². The molecule has 0 amide bonds. The minimum atomic E-state index is 0.228. The molecular weight excluding hydrogens is 196 g/mol. The van der Waals surface area contributed by atoms with E-state index >= 15 is 0 Å². The van der Waals surface area contributed by atoms with Gasteiger partial charge in [0.15, 0.2) is 0 Å². The van der Waals surface area contributed by atoms with E-state index in [0.29, 0.717) is 11.5 Å². The quantitative estimate of drug-likeness (QED) is 0.720. The molecule has 0 aromatic heterocycles. The van der Waals surface area contributed by atoms with Crippen molar-refractivity contribution in [3.05, 3.63) is 12.2 Å². The predicted octanol–water partition coefficient (Wildman–Crippen LogP) is 2.59. The van der Waals surface area contributed by atoms with Crippen LogP contribution in [0.25, 0.3) is 0 Å². The molecular formula is C14H26N2. The summed E-state index contributed by atoms with van der Waals surface area (Å²) in [6.45, 7) is 5.55. The molecule has 1 saturated carbocycles. The lowest BCUT2D eigenvalue weighted by Gasteiger charge is -2.45. The zero-order chi connectivity index (χ0) is 11.6. The topological polar surface area (TPSA) is 38.0 Å². The minimum Gasteiger partial charge on any atom is -0.329 e. The van der Waals surface area contributed by atoms with Crippen molar-refractivity contribution in [1.82, 2.24) is 5.32 Å². The first-order valence-electron chi connectivity index (χ1n) is 6.68. The Labute approximate surface area is 99.7 Å². The molecule has 0 heterocycles. The van der Waals surface area contributed by atoms with E-state index in [0.717, 1.165) is 6.54 Å². The number of nitrogens with two attached hydrogens (primary N) is 1. The molecule has 16 heavy (non-hydrogen) atoms. The molecule has 0 saturated heterocycles. The van der Waals surface area contributed by atoms with E-state index < -0.39 is 0 Å². The monoisotopic (exact) mass is 222 g/mol. The van der Waals surface area contributed by atoms with Crippen molar-refractivity contribution in [3.63, 3.8) is 0 Å². The summed E-state index contributed by atoms with van der Waals surface area (Å²) in [5.41, 5.74) is 6.77. The van der Waals surface area contributed by atoms with E-state index in [1.165, 1.54) is 38.5 Å². The van der Waals surface area contributed by atoms with E-state index in [9.17, 15) is 0 Å². The molecule has 92 valence electrons. The van der Waals surface area contributed by atoms with Crippen LogP contribution in [0.3, 0.4) is 0 Å². The molecule has 1 fully saturated rings. The fourth-order valence-electron chi connectivity index (χ4n) is 2.98. The Bertz CT molecular complexity index is 250. The lowest BCUT2D eigenvalue weighted by atomic mass is 9.69. The normalized spacial score (nSPS) is 28.4. The Morgan fingerprint density at radius 2 is 1.69 bits per heavy atom. The van der Waals surface area contributed by atoms with Gasteiger partial charge in [-0.25, -0.2) is 0 Å². The maximum atomic E-state index is 6.02. The van der Waals surface area contributed by atoms with Crippen LogP contribution in [0, 0.1) is 5.41 Å². The summed E-state index contributed by atoms with van der Waals surface area (Å²) in [5.74, 6) is 0. The van der Waals surface area contributed by atoms with Crippen molar-refractivity contribution in [2.75, 3.05) is 6.54 Å². The molecule has 2 heteroatoms. The summed E-state index contributed by atoms with van der Waals surface area (Å²) in [6.07, 6.45) is 12.0. The summed E-state index contributed by atoms with van der Waals surface area (Å²) >= 11 is 0. The van der Waals surface area contributed by atoms with Gasteiger partial charge in [0.25, 0.3) is 0 Å². The molecule has 0 aromatic carbocycles. The van der Waals surface area contributed by atoms with Crippen molar-refractivity contribution in [2.24, 2.45) is 11.1 Å². The Hall–Kier alpha value is -0.340. The second kappa shape index (κ2) is 4.50. The van der Waals surface area contributed by atoms with Crippen LogP contribution >= 0.6 is 0 Å². The predicted molar refractivity (Wildman–Crippen MR) is 69.3 cm³/mol. The third kappa shape index (κ3) is 2.67. The van der Waals surface area contributed by atoms with Gasteiger partial charge >= 0.3 is 0 Å². The second-order valence-corrected chi connectivity index (χ2v) is 6.43. The van der Waals surface area contributed by atoms with E-state index in [-0.39, 0.29) is 5.54 Å². The number of hydrogen-bond acceptors (Lipinski definition) is 2. The molecule has 2 aliphatic rings. The minimum absolute atomic E-state index is 0.228. The highest BCUT2D eigenvalue weighted by Crippen LogP contribution is 2.40. The molecule has 2 aliphatic carbocycles. The van der Waals surface area contributed by atoms with Crippen molar-refractivity contribution in [1.29, 1.82) is 0 Å². The van der Waals surface area contributed by atoms with Crippen molar-refractivity contribution in [3.8, 4) is 0 Å². The average Bonchev–Trinajstić information content (AvgIpc) is 2.74. The summed E-state index contributed by atoms with van der Waals surface area (Å²) in [7, 11) is 0. The van der Waals surface area contributed by atoms with Gasteiger partial charge in [-0.2, -0.15) is 0 Å². The van der Waals surface area contributed by atoms with Crippen molar-refractivity contribution >= 4 is 0 Å². The Kier molecular flexibility index (Phi) is 3.41. The summed E-state index contributed by atoms with van der Waals surface area (Å²) < 4.78 is 0. The van der Waals surface area contributed by atoms with Crippen LogP contribution in [-0.4, -0.2) is 18.1 Å². The molecule has 0 radical (unpaired) electrons. The maximum absolute atomic E-state index is 6.02. The van der Waals surface area contributed by atoms with Gasteiger partial charge in [0.2, 0.25) is 0 Å². The Balaban J connectivity index is 1.93. The lowest BCUT2D eigenvalue weighted by Crippen LogP contribution is -2.57. The van der Waals surface area contributed by atoms with Crippen molar-refractivity contribution in [2.45, 2.75) is 64.0 Å². The van der Waals surface area contributed by atoms with Crippen LogP contribution in [0.2, 0.25) is 0 Å². The maximum Gasteiger partial charge on any atom is 0.0307 e. The van der Waals surface area contributed by atoms with Gasteiger partial charge in [-0.15, -0.1) is 0 Å². The van der Waals surface area contributed by atoms with Crippen LogP contribution in [0.5, 0.6) is 0 Å². The summed E-state index contributed by atoms with van der Waals surface area (Å²) in [6, 6.07) is 0.643. The molecule has 0 atom stereocenters. The van der Waals surface area contributed by atoms with E-state index in [1.807, 2.05) is 0 Å². The molecule has 0 bridgehead atoms. The fraction of sp³-hybridized carbons (Fsp3) is 0.857. The number of hydrogen-bond donors (Lipinski definition) is 2. The Morgan fingerprint density at radius 1 is 1.12 bits per heavy atom. The molecule has 0 aromatic rings. The Morgan fingerprint density at radius 3 is 2.19 bits per heavy atom. The van der Waals surface area contributed by atoms with Crippen LogP contribution in [0.4, 0.5) is 0 Å². The van der Waals surface area contributed by atoms with Crippen LogP contribution in [0.1, 0.15) is 52.4 Å². The van der Waals surface area contributed by atoms with E-state index in [1.54, 1.807) is 0 Å². The van der Waals surface area contributed by atoms with Gasteiger partial charge in [-0.1, -0.05) is 26.0 Å². The molecule has 2 nitrogen and oxygen atoms in total. The molecule has 3 N–H and O–H groups in total. The fourth-order valence-corrected chi connectivity index (χ4v) is 2.98. The van der Waals surface area contributed by atoms with Gasteiger partial charge in [0.05, 0.1) is 0 Å². The molecule has 2 rings (SSSR count). The smallest absolute Gasteiger partial charge is 0.0307 e. The highest BCUT2D eigenvalue weighted by atomic mass is 15.0. The molecule has 0 aliphatic heterocycles. The van der Waals surface area contributed by atoms with Crippen molar-refractivity contribution < 1.29 is 0 Å². The highest BCUT2D eigenvalue weighted by molar-refractivity contribution is 5.04. The van der Waals surface area contributed by atoms with E-state index in [2.05, 4.69) is 31.3 Å².